The molecule has 0 saturated carbocycles. The SMILES string of the molecule is N=C(N)NCC1=Cc2cccc3cccc(c23)C1=O. The number of ketones is 1. The van der Waals surface area contributed by atoms with Crippen molar-refractivity contribution in [3.8, 4) is 0 Å². The molecule has 1 aliphatic carbocycles. The molecule has 94 valence electrons. The van der Waals surface area contributed by atoms with E-state index < -0.39 is 0 Å². The van der Waals surface area contributed by atoms with Gasteiger partial charge in [-0.2, -0.15) is 0 Å². The van der Waals surface area contributed by atoms with E-state index >= 15 is 0 Å². The third kappa shape index (κ3) is 1.87. The fourth-order valence-electron chi connectivity index (χ4n) is 2.43. The smallest absolute Gasteiger partial charge is 0.191 e. The molecule has 1 aliphatic rings. The topological polar surface area (TPSA) is 79.0 Å². The molecule has 0 aromatic heterocycles. The van der Waals surface area contributed by atoms with Crippen molar-refractivity contribution in [2.75, 3.05) is 6.54 Å². The molecule has 0 atom stereocenters. The lowest BCUT2D eigenvalue weighted by molar-refractivity contribution is 0.103. The van der Waals surface area contributed by atoms with Gasteiger partial charge < -0.3 is 11.1 Å². The Morgan fingerprint density at radius 2 is 1.95 bits per heavy atom. The molecule has 0 heterocycles. The molecular weight excluding hydrogens is 238 g/mol. The molecule has 2 aromatic carbocycles. The van der Waals surface area contributed by atoms with Crippen LogP contribution in [-0.2, 0) is 0 Å². The monoisotopic (exact) mass is 251 g/mol. The fraction of sp³-hybridized carbons (Fsp3) is 0.0667. The molecule has 0 amide bonds. The van der Waals surface area contributed by atoms with E-state index in [2.05, 4.69) is 5.32 Å². The van der Waals surface area contributed by atoms with Gasteiger partial charge in [-0.05, 0) is 17.0 Å². The summed E-state index contributed by atoms with van der Waals surface area (Å²) < 4.78 is 0. The number of carbonyl (C=O) groups excluding carboxylic acids is 1. The van der Waals surface area contributed by atoms with Crippen molar-refractivity contribution >= 4 is 28.6 Å². The molecule has 0 fully saturated rings. The number of carbonyl (C=O) groups is 1. The van der Waals surface area contributed by atoms with Gasteiger partial charge in [-0.25, -0.2) is 0 Å². The summed E-state index contributed by atoms with van der Waals surface area (Å²) in [6.07, 6.45) is 1.87. The van der Waals surface area contributed by atoms with Crippen LogP contribution in [0.3, 0.4) is 0 Å². The molecule has 4 heteroatoms. The number of nitrogens with two attached hydrogens (primary N) is 1. The van der Waals surface area contributed by atoms with Gasteiger partial charge in [0.1, 0.15) is 0 Å². The summed E-state index contributed by atoms with van der Waals surface area (Å²) in [4.78, 5) is 12.4. The average Bonchev–Trinajstić information content (AvgIpc) is 2.41. The molecule has 0 bridgehead atoms. The molecule has 0 saturated heterocycles. The summed E-state index contributed by atoms with van der Waals surface area (Å²) in [6.45, 7) is 0.277. The molecular formula is C15H13N3O. The average molecular weight is 251 g/mol. The fourth-order valence-corrected chi connectivity index (χ4v) is 2.43. The second-order valence-corrected chi connectivity index (χ2v) is 4.52. The zero-order chi connectivity index (χ0) is 13.4. The summed E-state index contributed by atoms with van der Waals surface area (Å²) in [5, 5.41) is 11.9. The molecule has 0 spiro atoms. The van der Waals surface area contributed by atoms with E-state index in [4.69, 9.17) is 11.1 Å². The van der Waals surface area contributed by atoms with E-state index in [1.54, 1.807) is 0 Å². The second-order valence-electron chi connectivity index (χ2n) is 4.52. The van der Waals surface area contributed by atoms with Crippen molar-refractivity contribution in [1.82, 2.24) is 5.32 Å². The van der Waals surface area contributed by atoms with Crippen LogP contribution in [0.15, 0.2) is 42.0 Å². The summed E-state index contributed by atoms with van der Waals surface area (Å²) in [5.41, 5.74) is 7.64. The van der Waals surface area contributed by atoms with Crippen LogP contribution >= 0.6 is 0 Å². The van der Waals surface area contributed by atoms with Gasteiger partial charge in [-0.15, -0.1) is 0 Å². The number of hydrogen-bond donors (Lipinski definition) is 3. The quantitative estimate of drug-likeness (QED) is 0.563. The zero-order valence-corrected chi connectivity index (χ0v) is 10.2. The van der Waals surface area contributed by atoms with Crippen molar-refractivity contribution < 1.29 is 4.79 Å². The maximum Gasteiger partial charge on any atom is 0.191 e. The number of rotatable bonds is 2. The Morgan fingerprint density at radius 3 is 2.68 bits per heavy atom. The molecule has 2 aromatic rings. The zero-order valence-electron chi connectivity index (χ0n) is 10.2. The predicted octanol–water partition coefficient (Wildman–Crippen LogP) is 1.90. The highest BCUT2D eigenvalue weighted by Gasteiger charge is 2.21. The van der Waals surface area contributed by atoms with Gasteiger partial charge in [-0.1, -0.05) is 36.4 Å². The predicted molar refractivity (Wildman–Crippen MR) is 76.2 cm³/mol. The molecule has 4 nitrogen and oxygen atoms in total. The van der Waals surface area contributed by atoms with E-state index in [1.807, 2.05) is 42.5 Å². The van der Waals surface area contributed by atoms with Crippen LogP contribution in [-0.4, -0.2) is 18.3 Å². The standard InChI is InChI=1S/C15H13N3O/c16-15(17)18-8-11-7-10-5-1-3-9-4-2-6-12(13(9)10)14(11)19/h1-7H,8H2,(H4,16,17,18). The molecule has 19 heavy (non-hydrogen) atoms. The maximum atomic E-state index is 12.4. The minimum atomic E-state index is -0.134. The number of benzene rings is 2. The Morgan fingerprint density at radius 1 is 1.21 bits per heavy atom. The number of hydrogen-bond acceptors (Lipinski definition) is 2. The molecule has 0 radical (unpaired) electrons. The molecule has 3 rings (SSSR count). The van der Waals surface area contributed by atoms with Crippen LogP contribution in [0.4, 0.5) is 0 Å². The number of nitrogens with one attached hydrogen (secondary N) is 2. The molecule has 4 N–H and O–H groups in total. The van der Waals surface area contributed by atoms with Crippen LogP contribution in [0.2, 0.25) is 0 Å². The lowest BCUT2D eigenvalue weighted by atomic mass is 9.88. The van der Waals surface area contributed by atoms with Gasteiger partial charge in [0, 0.05) is 23.1 Å². The number of guanidine groups is 1. The molecule has 0 aliphatic heterocycles. The second kappa shape index (κ2) is 4.24. The van der Waals surface area contributed by atoms with E-state index in [1.165, 1.54) is 0 Å². The van der Waals surface area contributed by atoms with Crippen LogP contribution in [0, 0.1) is 5.41 Å². The highest BCUT2D eigenvalue weighted by molar-refractivity contribution is 6.23. The van der Waals surface area contributed by atoms with E-state index in [-0.39, 0.29) is 18.3 Å². The summed E-state index contributed by atoms with van der Waals surface area (Å²) >= 11 is 0. The van der Waals surface area contributed by atoms with Crippen molar-refractivity contribution in [3.63, 3.8) is 0 Å². The third-order valence-electron chi connectivity index (χ3n) is 3.27. The van der Waals surface area contributed by atoms with E-state index in [0.717, 1.165) is 21.9 Å². The Labute approximate surface area is 110 Å². The van der Waals surface area contributed by atoms with Crippen LogP contribution in [0.1, 0.15) is 15.9 Å². The largest absolute Gasteiger partial charge is 0.370 e. The van der Waals surface area contributed by atoms with Gasteiger partial charge in [-0.3, -0.25) is 10.2 Å². The van der Waals surface area contributed by atoms with E-state index in [0.29, 0.717) is 5.57 Å². The highest BCUT2D eigenvalue weighted by atomic mass is 16.1. The third-order valence-corrected chi connectivity index (χ3v) is 3.27. The summed E-state index contributed by atoms with van der Waals surface area (Å²) in [7, 11) is 0. The normalized spacial score (nSPS) is 13.3. The summed E-state index contributed by atoms with van der Waals surface area (Å²) in [6, 6.07) is 11.7. The first-order chi connectivity index (χ1) is 9.16. The van der Waals surface area contributed by atoms with Gasteiger partial charge in [0.05, 0.1) is 0 Å². The molecule has 0 unspecified atom stereocenters. The lowest BCUT2D eigenvalue weighted by Gasteiger charge is -2.17. The van der Waals surface area contributed by atoms with Crippen molar-refractivity contribution in [2.45, 2.75) is 0 Å². The van der Waals surface area contributed by atoms with Crippen molar-refractivity contribution in [1.29, 1.82) is 5.41 Å². The van der Waals surface area contributed by atoms with E-state index in [9.17, 15) is 4.79 Å². The first-order valence-electron chi connectivity index (χ1n) is 6.02. The Kier molecular flexibility index (Phi) is 2.56. The Balaban J connectivity index is 2.13. The minimum Gasteiger partial charge on any atom is -0.370 e. The first-order valence-corrected chi connectivity index (χ1v) is 6.02. The Bertz CT molecular complexity index is 726. The van der Waals surface area contributed by atoms with Crippen molar-refractivity contribution in [2.24, 2.45) is 5.73 Å². The lowest BCUT2D eigenvalue weighted by Crippen LogP contribution is -2.33. The van der Waals surface area contributed by atoms with Crippen LogP contribution < -0.4 is 11.1 Å². The van der Waals surface area contributed by atoms with Gasteiger partial charge in [0.15, 0.2) is 11.7 Å². The van der Waals surface area contributed by atoms with Gasteiger partial charge in [0.25, 0.3) is 0 Å². The highest BCUT2D eigenvalue weighted by Crippen LogP contribution is 2.30. The van der Waals surface area contributed by atoms with Crippen LogP contribution in [0.5, 0.6) is 0 Å². The van der Waals surface area contributed by atoms with Crippen LogP contribution in [0.25, 0.3) is 16.8 Å². The van der Waals surface area contributed by atoms with Crippen molar-refractivity contribution in [3.05, 3.63) is 53.1 Å². The number of Topliss-reactive ketones (excluding diaryl/α,β-unsaturated/α-hetero) is 1. The first kappa shape index (κ1) is 11.5. The Hall–Kier alpha value is -2.62. The maximum absolute atomic E-state index is 12.4. The van der Waals surface area contributed by atoms with Gasteiger partial charge in [0.2, 0.25) is 0 Å². The summed E-state index contributed by atoms with van der Waals surface area (Å²) in [5.74, 6) is -0.135. The van der Waals surface area contributed by atoms with Gasteiger partial charge >= 0.3 is 0 Å². The minimum absolute atomic E-state index is 0.00181.